The molecular formula is C35H21N3S. The summed E-state index contributed by atoms with van der Waals surface area (Å²) in [5.41, 5.74) is 8.12. The predicted molar refractivity (Wildman–Crippen MR) is 162 cm³/mol. The molecule has 182 valence electrons. The van der Waals surface area contributed by atoms with E-state index < -0.39 is 0 Å². The summed E-state index contributed by atoms with van der Waals surface area (Å²) < 4.78 is 4.81. The molecule has 4 heteroatoms. The van der Waals surface area contributed by atoms with E-state index in [9.17, 15) is 0 Å². The first-order valence-corrected chi connectivity index (χ1v) is 14.0. The smallest absolute Gasteiger partial charge is 0.145 e. The lowest BCUT2D eigenvalue weighted by Crippen LogP contribution is -2.07. The van der Waals surface area contributed by atoms with E-state index in [0.29, 0.717) is 0 Å². The fourth-order valence-corrected chi connectivity index (χ4v) is 7.46. The fourth-order valence-electron chi connectivity index (χ4n) is 6.27. The van der Waals surface area contributed by atoms with Crippen LogP contribution in [0.15, 0.2) is 137 Å². The molecule has 2 aromatic heterocycles. The second kappa shape index (κ2) is 7.85. The maximum Gasteiger partial charge on any atom is 0.145 e. The lowest BCUT2D eigenvalue weighted by Gasteiger charge is -2.23. The molecule has 0 fully saturated rings. The zero-order valence-electron chi connectivity index (χ0n) is 20.9. The number of hydrogen-bond acceptors (Lipinski definition) is 2. The first-order valence-electron chi connectivity index (χ1n) is 13.2. The molecule has 6 aromatic carbocycles. The van der Waals surface area contributed by atoms with Gasteiger partial charge in [0.05, 0.1) is 38.3 Å². The van der Waals surface area contributed by atoms with Crippen LogP contribution in [0.4, 0.5) is 0 Å². The summed E-state index contributed by atoms with van der Waals surface area (Å²) in [7, 11) is 0. The average molecular weight is 516 g/mol. The van der Waals surface area contributed by atoms with Crippen molar-refractivity contribution in [2.75, 3.05) is 0 Å². The molecule has 8 aromatic rings. The standard InChI is InChI=1S/C35H21N3S/c1-2-11-23(12-3-1)35-36-26-15-8-19-31-33(26)38(35)30-18-9-17-29(34(30)39-31)37-27-16-7-6-14-25(27)32-24-13-5-4-10-22(24)20-21-28(32)37/h1-21H. The Labute approximate surface area is 229 Å². The number of benzene rings is 6. The van der Waals surface area contributed by atoms with E-state index in [1.54, 1.807) is 0 Å². The van der Waals surface area contributed by atoms with Gasteiger partial charge in [0.25, 0.3) is 0 Å². The van der Waals surface area contributed by atoms with Gasteiger partial charge in [-0.2, -0.15) is 0 Å². The van der Waals surface area contributed by atoms with Gasteiger partial charge in [0.1, 0.15) is 5.82 Å². The SMILES string of the molecule is c1ccc(-c2nc3cccc4c3n2-c2cccc(-n3c5ccccc5c5c6ccccc6ccc53)c2S4)cc1. The second-order valence-electron chi connectivity index (χ2n) is 10.0. The molecule has 0 N–H and O–H groups in total. The molecular weight excluding hydrogens is 494 g/mol. The third-order valence-electron chi connectivity index (χ3n) is 7.90. The molecule has 1 aliphatic heterocycles. The molecule has 0 saturated heterocycles. The number of aromatic nitrogens is 3. The van der Waals surface area contributed by atoms with Gasteiger partial charge in [-0.25, -0.2) is 4.98 Å². The summed E-state index contributed by atoms with van der Waals surface area (Å²) in [6, 6.07) is 45.7. The van der Waals surface area contributed by atoms with Gasteiger partial charge in [0, 0.05) is 21.2 Å². The molecule has 0 unspecified atom stereocenters. The Morgan fingerprint density at radius 2 is 1.28 bits per heavy atom. The molecule has 3 nitrogen and oxygen atoms in total. The molecule has 3 heterocycles. The van der Waals surface area contributed by atoms with Crippen LogP contribution in [0.3, 0.4) is 0 Å². The molecule has 1 aliphatic rings. The third kappa shape index (κ3) is 2.87. The summed E-state index contributed by atoms with van der Waals surface area (Å²) >= 11 is 1.85. The van der Waals surface area contributed by atoms with E-state index in [0.717, 1.165) is 16.9 Å². The van der Waals surface area contributed by atoms with Crippen LogP contribution in [-0.2, 0) is 0 Å². The van der Waals surface area contributed by atoms with E-state index in [1.807, 2.05) is 11.8 Å². The van der Waals surface area contributed by atoms with E-state index in [4.69, 9.17) is 4.98 Å². The van der Waals surface area contributed by atoms with E-state index in [1.165, 1.54) is 59.3 Å². The summed E-state index contributed by atoms with van der Waals surface area (Å²) in [6.07, 6.45) is 0. The Bertz CT molecular complexity index is 2260. The van der Waals surface area contributed by atoms with Gasteiger partial charge in [0.2, 0.25) is 0 Å². The Morgan fingerprint density at radius 1 is 0.538 bits per heavy atom. The number of nitrogens with zero attached hydrogens (tertiary/aromatic N) is 3. The lowest BCUT2D eigenvalue weighted by atomic mass is 10.0. The van der Waals surface area contributed by atoms with Crippen molar-refractivity contribution in [3.05, 3.63) is 127 Å². The van der Waals surface area contributed by atoms with Crippen LogP contribution in [0.2, 0.25) is 0 Å². The average Bonchev–Trinajstić information content (AvgIpc) is 3.55. The molecule has 0 bridgehead atoms. The fraction of sp³-hybridized carbons (Fsp3) is 0. The first kappa shape index (κ1) is 21.2. The molecule has 0 spiro atoms. The van der Waals surface area contributed by atoms with E-state index >= 15 is 0 Å². The Kier molecular flexibility index (Phi) is 4.26. The quantitative estimate of drug-likeness (QED) is 0.229. The highest BCUT2D eigenvalue weighted by atomic mass is 32.2. The predicted octanol–water partition coefficient (Wildman–Crippen LogP) is 9.41. The topological polar surface area (TPSA) is 22.8 Å². The maximum absolute atomic E-state index is 5.12. The van der Waals surface area contributed by atoms with Gasteiger partial charge >= 0.3 is 0 Å². The third-order valence-corrected chi connectivity index (χ3v) is 9.07. The number of para-hydroxylation sites is 2. The molecule has 0 saturated carbocycles. The number of imidazole rings is 1. The van der Waals surface area contributed by atoms with Gasteiger partial charge in [-0.1, -0.05) is 103 Å². The minimum atomic E-state index is 0.977. The van der Waals surface area contributed by atoms with Crippen molar-refractivity contribution < 1.29 is 0 Å². The van der Waals surface area contributed by atoms with Gasteiger partial charge < -0.3 is 4.57 Å². The van der Waals surface area contributed by atoms with Crippen LogP contribution < -0.4 is 0 Å². The second-order valence-corrected chi connectivity index (χ2v) is 11.1. The van der Waals surface area contributed by atoms with Gasteiger partial charge in [-0.3, -0.25) is 4.57 Å². The van der Waals surface area contributed by atoms with Crippen molar-refractivity contribution in [1.29, 1.82) is 0 Å². The Hall–Kier alpha value is -4.80. The van der Waals surface area contributed by atoms with Gasteiger partial charge in [-0.15, -0.1) is 0 Å². The summed E-state index contributed by atoms with van der Waals surface area (Å²) in [5, 5.41) is 5.13. The highest BCUT2D eigenvalue weighted by Gasteiger charge is 2.27. The Balaban J connectivity index is 1.40. The zero-order valence-corrected chi connectivity index (χ0v) is 21.7. The summed E-state index contributed by atoms with van der Waals surface area (Å²) in [4.78, 5) is 7.59. The highest BCUT2D eigenvalue weighted by Crippen LogP contribution is 2.49. The van der Waals surface area contributed by atoms with Crippen LogP contribution in [-0.4, -0.2) is 14.1 Å². The summed E-state index contributed by atoms with van der Waals surface area (Å²) in [6.45, 7) is 0. The molecule has 0 aliphatic carbocycles. The number of hydrogen-bond donors (Lipinski definition) is 0. The molecule has 0 amide bonds. The molecule has 9 rings (SSSR count). The van der Waals surface area contributed by atoms with Crippen molar-refractivity contribution in [1.82, 2.24) is 14.1 Å². The molecule has 0 radical (unpaired) electrons. The normalized spacial score (nSPS) is 12.5. The largest absolute Gasteiger partial charge is 0.308 e. The Morgan fingerprint density at radius 3 is 2.18 bits per heavy atom. The van der Waals surface area contributed by atoms with Crippen molar-refractivity contribution in [3.63, 3.8) is 0 Å². The lowest BCUT2D eigenvalue weighted by molar-refractivity contribution is 1.01. The maximum atomic E-state index is 5.12. The first-order chi connectivity index (χ1) is 19.4. The van der Waals surface area contributed by atoms with E-state index in [-0.39, 0.29) is 0 Å². The minimum absolute atomic E-state index is 0.977. The van der Waals surface area contributed by atoms with Crippen LogP contribution >= 0.6 is 11.8 Å². The van der Waals surface area contributed by atoms with Crippen LogP contribution in [0, 0.1) is 0 Å². The molecule has 0 atom stereocenters. The zero-order chi connectivity index (χ0) is 25.5. The highest BCUT2D eigenvalue weighted by molar-refractivity contribution is 7.99. The van der Waals surface area contributed by atoms with Gasteiger partial charge in [0.15, 0.2) is 0 Å². The molecule has 39 heavy (non-hydrogen) atoms. The van der Waals surface area contributed by atoms with Crippen molar-refractivity contribution in [2.45, 2.75) is 9.79 Å². The monoisotopic (exact) mass is 515 g/mol. The minimum Gasteiger partial charge on any atom is -0.308 e. The van der Waals surface area contributed by atoms with E-state index in [2.05, 4.69) is 137 Å². The van der Waals surface area contributed by atoms with Crippen LogP contribution in [0.25, 0.3) is 66.4 Å². The van der Waals surface area contributed by atoms with Crippen molar-refractivity contribution in [3.8, 4) is 22.8 Å². The van der Waals surface area contributed by atoms with Crippen LogP contribution in [0.5, 0.6) is 0 Å². The van der Waals surface area contributed by atoms with Crippen molar-refractivity contribution >= 4 is 55.4 Å². The number of rotatable bonds is 2. The summed E-state index contributed by atoms with van der Waals surface area (Å²) in [5.74, 6) is 0.977. The van der Waals surface area contributed by atoms with Gasteiger partial charge in [-0.05, 0) is 47.2 Å². The van der Waals surface area contributed by atoms with Crippen LogP contribution in [0.1, 0.15) is 0 Å². The number of fused-ring (bicyclic) bond motifs is 7. The van der Waals surface area contributed by atoms with Crippen molar-refractivity contribution in [2.24, 2.45) is 0 Å².